The first-order valence-electron chi connectivity index (χ1n) is 7.91. The van der Waals surface area contributed by atoms with Crippen molar-refractivity contribution in [3.63, 3.8) is 0 Å². The Kier molecular flexibility index (Phi) is 3.73. The van der Waals surface area contributed by atoms with Crippen LogP contribution < -0.4 is 10.5 Å². The summed E-state index contributed by atoms with van der Waals surface area (Å²) in [5, 5.41) is 10.1. The standard InChI is InChI=1S/C18H15F2N3O2/c19-11-4-5-14(20)13(7-11)15-8-12(24)10-23(15)17-9-18(25)22-6-2-1-3-16(22)21-17/h1-7,9,12,15,24H,8,10H2. The number of aliphatic hydroxyl groups excluding tert-OH is 1. The van der Waals surface area contributed by atoms with E-state index in [0.717, 1.165) is 18.2 Å². The van der Waals surface area contributed by atoms with Gasteiger partial charge in [-0.05, 0) is 36.8 Å². The van der Waals surface area contributed by atoms with E-state index in [0.29, 0.717) is 11.5 Å². The summed E-state index contributed by atoms with van der Waals surface area (Å²) in [6.07, 6.45) is 1.12. The molecule has 1 fully saturated rings. The third-order valence-electron chi connectivity index (χ3n) is 4.45. The molecule has 1 aliphatic rings. The van der Waals surface area contributed by atoms with Crippen LogP contribution in [0.15, 0.2) is 53.5 Å². The number of anilines is 1. The Labute approximate surface area is 141 Å². The highest BCUT2D eigenvalue weighted by atomic mass is 19.1. The fourth-order valence-electron chi connectivity index (χ4n) is 3.32. The number of hydrogen-bond donors (Lipinski definition) is 1. The number of rotatable bonds is 2. The molecule has 1 aliphatic heterocycles. The van der Waals surface area contributed by atoms with Gasteiger partial charge in [0.25, 0.3) is 5.56 Å². The van der Waals surface area contributed by atoms with Crippen LogP contribution in [0.4, 0.5) is 14.6 Å². The molecule has 2 aromatic heterocycles. The van der Waals surface area contributed by atoms with Gasteiger partial charge in [-0.25, -0.2) is 13.8 Å². The number of fused-ring (bicyclic) bond motifs is 1. The highest BCUT2D eigenvalue weighted by Crippen LogP contribution is 2.36. The molecule has 128 valence electrons. The fourth-order valence-corrected chi connectivity index (χ4v) is 3.32. The molecule has 3 aromatic rings. The van der Waals surface area contributed by atoms with Gasteiger partial charge in [-0.15, -0.1) is 0 Å². The molecule has 1 N–H and O–H groups in total. The van der Waals surface area contributed by atoms with E-state index in [1.54, 1.807) is 29.3 Å². The number of nitrogens with zero attached hydrogens (tertiary/aromatic N) is 3. The first kappa shape index (κ1) is 15.7. The molecule has 0 amide bonds. The van der Waals surface area contributed by atoms with Crippen molar-refractivity contribution in [3.05, 3.63) is 76.2 Å². The van der Waals surface area contributed by atoms with Crippen LogP contribution in [0, 0.1) is 11.6 Å². The highest BCUT2D eigenvalue weighted by Gasteiger charge is 2.35. The monoisotopic (exact) mass is 343 g/mol. The topological polar surface area (TPSA) is 57.8 Å². The number of benzene rings is 1. The van der Waals surface area contributed by atoms with Gasteiger partial charge >= 0.3 is 0 Å². The van der Waals surface area contributed by atoms with Crippen molar-refractivity contribution < 1.29 is 13.9 Å². The molecule has 0 aliphatic carbocycles. The molecule has 0 bridgehead atoms. The molecular formula is C18H15F2N3O2. The molecule has 1 aromatic carbocycles. The average molecular weight is 343 g/mol. The van der Waals surface area contributed by atoms with Crippen molar-refractivity contribution in [2.75, 3.05) is 11.4 Å². The van der Waals surface area contributed by atoms with E-state index in [2.05, 4.69) is 4.98 Å². The molecule has 3 heterocycles. The molecule has 4 rings (SSSR count). The van der Waals surface area contributed by atoms with Gasteiger partial charge < -0.3 is 10.0 Å². The van der Waals surface area contributed by atoms with Gasteiger partial charge in [0.1, 0.15) is 23.1 Å². The second-order valence-corrected chi connectivity index (χ2v) is 6.10. The van der Waals surface area contributed by atoms with Crippen molar-refractivity contribution in [2.24, 2.45) is 0 Å². The first-order chi connectivity index (χ1) is 12.0. The van der Waals surface area contributed by atoms with Gasteiger partial charge in [0, 0.05) is 24.4 Å². The molecule has 0 saturated carbocycles. The minimum atomic E-state index is -0.719. The summed E-state index contributed by atoms with van der Waals surface area (Å²) in [4.78, 5) is 18.4. The van der Waals surface area contributed by atoms with Gasteiger partial charge in [0.2, 0.25) is 0 Å². The van der Waals surface area contributed by atoms with Crippen LogP contribution in [0.3, 0.4) is 0 Å². The number of halogens is 2. The first-order valence-corrected chi connectivity index (χ1v) is 7.91. The second-order valence-electron chi connectivity index (χ2n) is 6.10. The number of pyridine rings is 1. The summed E-state index contributed by atoms with van der Waals surface area (Å²) < 4.78 is 29.2. The van der Waals surface area contributed by atoms with Gasteiger partial charge in [-0.1, -0.05) is 6.07 Å². The van der Waals surface area contributed by atoms with E-state index in [4.69, 9.17) is 0 Å². The van der Waals surface area contributed by atoms with Crippen LogP contribution in [0.25, 0.3) is 5.65 Å². The number of β-amino-alcohol motifs (C(OH)–C–C–N with tert-alkyl or cyclic N) is 1. The lowest BCUT2D eigenvalue weighted by atomic mass is 10.0. The molecule has 5 nitrogen and oxygen atoms in total. The second kappa shape index (κ2) is 5.93. The Bertz CT molecular complexity index is 1010. The van der Waals surface area contributed by atoms with E-state index in [9.17, 15) is 18.7 Å². The van der Waals surface area contributed by atoms with Crippen LogP contribution in [0.2, 0.25) is 0 Å². The predicted octanol–water partition coefficient (Wildman–Crippen LogP) is 2.29. The minimum Gasteiger partial charge on any atom is -0.391 e. The molecule has 25 heavy (non-hydrogen) atoms. The van der Waals surface area contributed by atoms with Gasteiger partial charge in [0.05, 0.1) is 12.1 Å². The Morgan fingerprint density at radius 1 is 1.16 bits per heavy atom. The molecule has 2 atom stereocenters. The minimum absolute atomic E-state index is 0.145. The van der Waals surface area contributed by atoms with Crippen LogP contribution in [0.5, 0.6) is 0 Å². The van der Waals surface area contributed by atoms with Crippen molar-refractivity contribution in [3.8, 4) is 0 Å². The Morgan fingerprint density at radius 2 is 2.00 bits per heavy atom. The maximum absolute atomic E-state index is 14.2. The van der Waals surface area contributed by atoms with Gasteiger partial charge in [-0.2, -0.15) is 0 Å². The molecule has 0 spiro atoms. The average Bonchev–Trinajstić information content (AvgIpc) is 2.99. The normalized spacial score (nSPS) is 20.4. The summed E-state index contributed by atoms with van der Waals surface area (Å²) in [6, 6.07) is 9.16. The number of hydrogen-bond acceptors (Lipinski definition) is 4. The van der Waals surface area contributed by atoms with E-state index >= 15 is 0 Å². The summed E-state index contributed by atoms with van der Waals surface area (Å²) in [7, 11) is 0. The van der Waals surface area contributed by atoms with Gasteiger partial charge in [-0.3, -0.25) is 9.20 Å². The SMILES string of the molecule is O=c1cc(N2CC(O)CC2c2cc(F)ccc2F)nc2ccccn12. The zero-order valence-electron chi connectivity index (χ0n) is 13.1. The molecular weight excluding hydrogens is 328 g/mol. The maximum Gasteiger partial charge on any atom is 0.259 e. The fraction of sp³-hybridized carbons (Fsp3) is 0.222. The lowest BCUT2D eigenvalue weighted by molar-refractivity contribution is 0.194. The van der Waals surface area contributed by atoms with Crippen LogP contribution in [-0.2, 0) is 0 Å². The quantitative estimate of drug-likeness (QED) is 0.776. The summed E-state index contributed by atoms with van der Waals surface area (Å²) in [6.45, 7) is 0.191. The van der Waals surface area contributed by atoms with E-state index in [1.165, 1.54) is 10.5 Å². The molecule has 2 unspecified atom stereocenters. The largest absolute Gasteiger partial charge is 0.391 e. The van der Waals surface area contributed by atoms with Crippen molar-refractivity contribution >= 4 is 11.5 Å². The third kappa shape index (κ3) is 2.76. The Morgan fingerprint density at radius 3 is 2.84 bits per heavy atom. The number of aromatic nitrogens is 2. The molecule has 0 radical (unpaired) electrons. The van der Waals surface area contributed by atoms with Crippen LogP contribution in [0.1, 0.15) is 18.0 Å². The van der Waals surface area contributed by atoms with E-state index in [1.807, 2.05) is 0 Å². The van der Waals surface area contributed by atoms with Crippen molar-refractivity contribution in [1.29, 1.82) is 0 Å². The van der Waals surface area contributed by atoms with E-state index < -0.39 is 23.8 Å². The number of aliphatic hydroxyl groups is 1. The van der Waals surface area contributed by atoms with Crippen molar-refractivity contribution in [1.82, 2.24) is 9.38 Å². The zero-order chi connectivity index (χ0) is 17.6. The zero-order valence-corrected chi connectivity index (χ0v) is 13.1. The molecule has 7 heteroatoms. The third-order valence-corrected chi connectivity index (χ3v) is 4.45. The van der Waals surface area contributed by atoms with E-state index in [-0.39, 0.29) is 24.1 Å². The van der Waals surface area contributed by atoms with Gasteiger partial charge in [0.15, 0.2) is 0 Å². The maximum atomic E-state index is 14.2. The predicted molar refractivity (Wildman–Crippen MR) is 88.5 cm³/mol. The lowest BCUT2D eigenvalue weighted by Gasteiger charge is -2.26. The Balaban J connectivity index is 1.83. The summed E-state index contributed by atoms with van der Waals surface area (Å²) in [5.41, 5.74) is 0.317. The van der Waals surface area contributed by atoms with Crippen LogP contribution >= 0.6 is 0 Å². The lowest BCUT2D eigenvalue weighted by Crippen LogP contribution is -2.28. The summed E-state index contributed by atoms with van der Waals surface area (Å²) in [5.74, 6) is -0.770. The Hall–Kier alpha value is -2.80. The highest BCUT2D eigenvalue weighted by molar-refractivity contribution is 5.51. The summed E-state index contributed by atoms with van der Waals surface area (Å²) >= 11 is 0. The van der Waals surface area contributed by atoms with Crippen molar-refractivity contribution in [2.45, 2.75) is 18.6 Å². The van der Waals surface area contributed by atoms with Crippen LogP contribution in [-0.4, -0.2) is 27.1 Å². The smallest absolute Gasteiger partial charge is 0.259 e. The molecule has 1 saturated heterocycles.